The van der Waals surface area contributed by atoms with Crippen LogP contribution in [0.2, 0.25) is 0 Å². The second-order valence-electron chi connectivity index (χ2n) is 2.46. The summed E-state index contributed by atoms with van der Waals surface area (Å²) in [5, 5.41) is -0.0602. The molecule has 1 saturated heterocycles. The Balaban J connectivity index is 2.39. The Morgan fingerprint density at radius 1 is 1.82 bits per heavy atom. The predicted octanol–water partition coefficient (Wildman–Crippen LogP) is 0.554. The van der Waals surface area contributed by atoms with Crippen molar-refractivity contribution in [3.63, 3.8) is 0 Å². The average molecular weight is 175 g/mol. The van der Waals surface area contributed by atoms with Crippen molar-refractivity contribution >= 4 is 17.7 Å². The van der Waals surface area contributed by atoms with E-state index in [-0.39, 0.29) is 11.3 Å². The molecule has 0 bridgehead atoms. The molecular formula is C7H13NO2S. The molecule has 0 aromatic heterocycles. The number of thioether (sulfide) groups is 1. The fourth-order valence-electron chi connectivity index (χ4n) is 1.01. The van der Waals surface area contributed by atoms with Gasteiger partial charge in [-0.2, -0.15) is 0 Å². The lowest BCUT2D eigenvalue weighted by atomic mass is 10.5. The lowest BCUT2D eigenvalue weighted by Crippen LogP contribution is -2.32. The number of hydrogen-bond donors (Lipinski definition) is 0. The standard InChI is InChI=1S/C7H13NO2S/c1-3-10-7(9)6-8(2)4-5-11-6/h6H,3-5H2,1-2H3. The summed E-state index contributed by atoms with van der Waals surface area (Å²) in [6.07, 6.45) is 0. The highest BCUT2D eigenvalue weighted by molar-refractivity contribution is 8.00. The Bertz CT molecular complexity index is 151. The molecule has 11 heavy (non-hydrogen) atoms. The van der Waals surface area contributed by atoms with Gasteiger partial charge in [0, 0.05) is 12.3 Å². The lowest BCUT2D eigenvalue weighted by molar-refractivity contribution is -0.145. The molecule has 1 unspecified atom stereocenters. The van der Waals surface area contributed by atoms with Crippen molar-refractivity contribution in [3.05, 3.63) is 0 Å². The van der Waals surface area contributed by atoms with Gasteiger partial charge in [0.25, 0.3) is 0 Å². The van der Waals surface area contributed by atoms with Crippen LogP contribution in [0.15, 0.2) is 0 Å². The number of hydrogen-bond acceptors (Lipinski definition) is 4. The molecule has 0 aromatic carbocycles. The van der Waals surface area contributed by atoms with Crippen LogP contribution >= 0.6 is 11.8 Å². The molecule has 0 aliphatic carbocycles. The van der Waals surface area contributed by atoms with Crippen LogP contribution in [-0.4, -0.2) is 42.2 Å². The van der Waals surface area contributed by atoms with Gasteiger partial charge < -0.3 is 4.74 Å². The van der Waals surface area contributed by atoms with Crippen LogP contribution in [0.4, 0.5) is 0 Å². The van der Waals surface area contributed by atoms with Crippen LogP contribution in [0, 0.1) is 0 Å². The molecule has 1 heterocycles. The Morgan fingerprint density at radius 3 is 3.00 bits per heavy atom. The zero-order valence-electron chi connectivity index (χ0n) is 6.87. The van der Waals surface area contributed by atoms with Crippen LogP contribution in [0.1, 0.15) is 6.92 Å². The van der Waals surface area contributed by atoms with Gasteiger partial charge in [-0.25, -0.2) is 4.79 Å². The third-order valence-electron chi connectivity index (χ3n) is 1.61. The zero-order valence-corrected chi connectivity index (χ0v) is 7.69. The number of nitrogens with zero attached hydrogens (tertiary/aromatic N) is 1. The van der Waals surface area contributed by atoms with Crippen molar-refractivity contribution in [1.29, 1.82) is 0 Å². The fourth-order valence-corrected chi connectivity index (χ4v) is 2.20. The van der Waals surface area contributed by atoms with Gasteiger partial charge in [-0.15, -0.1) is 11.8 Å². The van der Waals surface area contributed by atoms with E-state index in [0.29, 0.717) is 6.61 Å². The number of esters is 1. The van der Waals surface area contributed by atoms with E-state index in [1.807, 2.05) is 18.9 Å². The van der Waals surface area contributed by atoms with Gasteiger partial charge in [-0.3, -0.25) is 4.90 Å². The van der Waals surface area contributed by atoms with Gasteiger partial charge >= 0.3 is 5.97 Å². The van der Waals surface area contributed by atoms with E-state index < -0.39 is 0 Å². The molecule has 4 heteroatoms. The third-order valence-corrected chi connectivity index (χ3v) is 2.89. The summed E-state index contributed by atoms with van der Waals surface area (Å²) in [4.78, 5) is 13.2. The van der Waals surface area contributed by atoms with Gasteiger partial charge in [0.1, 0.15) is 0 Å². The first kappa shape index (κ1) is 8.87. The first-order valence-corrected chi connectivity index (χ1v) is 4.79. The second-order valence-corrected chi connectivity index (χ2v) is 3.64. The molecule has 0 aromatic rings. The number of carbonyl (C=O) groups is 1. The summed E-state index contributed by atoms with van der Waals surface area (Å²) >= 11 is 1.65. The predicted molar refractivity (Wildman–Crippen MR) is 45.5 cm³/mol. The summed E-state index contributed by atoms with van der Waals surface area (Å²) < 4.78 is 4.89. The number of carbonyl (C=O) groups excluding carboxylic acids is 1. The minimum atomic E-state index is -0.0995. The monoisotopic (exact) mass is 175 g/mol. The Labute approximate surface area is 71.1 Å². The number of rotatable bonds is 2. The maximum absolute atomic E-state index is 11.2. The molecule has 0 spiro atoms. The molecule has 0 amide bonds. The molecule has 1 atom stereocenters. The normalized spacial score (nSPS) is 25.5. The highest BCUT2D eigenvalue weighted by Gasteiger charge is 2.29. The average Bonchev–Trinajstić information content (AvgIpc) is 2.36. The topological polar surface area (TPSA) is 29.5 Å². The lowest BCUT2D eigenvalue weighted by Gasteiger charge is -2.15. The third kappa shape index (κ3) is 2.10. The van der Waals surface area contributed by atoms with E-state index in [9.17, 15) is 4.79 Å². The molecule has 1 aliphatic heterocycles. The maximum Gasteiger partial charge on any atom is 0.333 e. The van der Waals surface area contributed by atoms with E-state index in [1.165, 1.54) is 0 Å². The molecule has 1 rings (SSSR count). The molecule has 1 fully saturated rings. The van der Waals surface area contributed by atoms with Crippen LogP contribution in [0.3, 0.4) is 0 Å². The van der Waals surface area contributed by atoms with Crippen molar-refractivity contribution in [2.75, 3.05) is 26.0 Å². The Hall–Kier alpha value is -0.220. The highest BCUT2D eigenvalue weighted by Crippen LogP contribution is 2.22. The van der Waals surface area contributed by atoms with Gasteiger partial charge in [-0.05, 0) is 14.0 Å². The van der Waals surface area contributed by atoms with E-state index in [2.05, 4.69) is 0 Å². The quantitative estimate of drug-likeness (QED) is 0.573. The van der Waals surface area contributed by atoms with Gasteiger partial charge in [0.2, 0.25) is 0 Å². The smallest absolute Gasteiger partial charge is 0.333 e. The molecule has 0 saturated carbocycles. The molecular weight excluding hydrogens is 162 g/mol. The van der Waals surface area contributed by atoms with E-state index in [1.54, 1.807) is 11.8 Å². The molecule has 0 N–H and O–H groups in total. The highest BCUT2D eigenvalue weighted by atomic mass is 32.2. The van der Waals surface area contributed by atoms with Crippen LogP contribution in [-0.2, 0) is 9.53 Å². The second kappa shape index (κ2) is 3.97. The Morgan fingerprint density at radius 2 is 2.55 bits per heavy atom. The van der Waals surface area contributed by atoms with E-state index in [4.69, 9.17) is 4.74 Å². The van der Waals surface area contributed by atoms with Gasteiger partial charge in [-0.1, -0.05) is 0 Å². The minimum Gasteiger partial charge on any atom is -0.464 e. The van der Waals surface area contributed by atoms with Crippen molar-refractivity contribution in [1.82, 2.24) is 4.90 Å². The van der Waals surface area contributed by atoms with E-state index >= 15 is 0 Å². The fraction of sp³-hybridized carbons (Fsp3) is 0.857. The maximum atomic E-state index is 11.2. The first-order chi connectivity index (χ1) is 5.25. The van der Waals surface area contributed by atoms with Crippen LogP contribution in [0.5, 0.6) is 0 Å². The van der Waals surface area contributed by atoms with Crippen LogP contribution in [0.25, 0.3) is 0 Å². The molecule has 64 valence electrons. The molecule has 3 nitrogen and oxygen atoms in total. The number of likely N-dealkylation sites (N-methyl/N-ethyl adjacent to an activating group) is 1. The first-order valence-electron chi connectivity index (χ1n) is 3.74. The summed E-state index contributed by atoms with van der Waals surface area (Å²) in [5.41, 5.74) is 0. The van der Waals surface area contributed by atoms with Crippen molar-refractivity contribution in [3.8, 4) is 0 Å². The van der Waals surface area contributed by atoms with Gasteiger partial charge in [0.05, 0.1) is 6.61 Å². The summed E-state index contributed by atoms with van der Waals surface area (Å²) in [5.74, 6) is 0.928. The largest absolute Gasteiger partial charge is 0.464 e. The summed E-state index contributed by atoms with van der Waals surface area (Å²) in [6, 6.07) is 0. The van der Waals surface area contributed by atoms with E-state index in [0.717, 1.165) is 12.3 Å². The Kier molecular flexibility index (Phi) is 3.20. The van der Waals surface area contributed by atoms with Crippen molar-refractivity contribution < 1.29 is 9.53 Å². The van der Waals surface area contributed by atoms with Crippen molar-refractivity contribution in [2.24, 2.45) is 0 Å². The number of ether oxygens (including phenoxy) is 1. The zero-order chi connectivity index (χ0) is 8.27. The minimum absolute atomic E-state index is 0.0602. The van der Waals surface area contributed by atoms with Crippen LogP contribution < -0.4 is 0 Å². The molecule has 0 radical (unpaired) electrons. The van der Waals surface area contributed by atoms with Gasteiger partial charge in [0.15, 0.2) is 5.37 Å². The molecule has 1 aliphatic rings. The SMILES string of the molecule is CCOC(=O)C1SCCN1C. The van der Waals surface area contributed by atoms with Crippen molar-refractivity contribution in [2.45, 2.75) is 12.3 Å². The summed E-state index contributed by atoms with van der Waals surface area (Å²) in [6.45, 7) is 3.29. The summed E-state index contributed by atoms with van der Waals surface area (Å²) in [7, 11) is 1.95.